The van der Waals surface area contributed by atoms with Gasteiger partial charge in [-0.25, -0.2) is 15.0 Å². The third kappa shape index (κ3) is 5.51. The molecule has 0 amide bonds. The van der Waals surface area contributed by atoms with Crippen LogP contribution in [-0.2, 0) is 0 Å². The van der Waals surface area contributed by atoms with Crippen LogP contribution in [0.4, 0.5) is 0 Å². The zero-order valence-corrected chi connectivity index (χ0v) is 25.2. The molecule has 0 aliphatic carbocycles. The summed E-state index contributed by atoms with van der Waals surface area (Å²) in [6, 6.07) is 36.5. The van der Waals surface area contributed by atoms with Crippen LogP contribution in [0.2, 0.25) is 0 Å². The third-order valence-electron chi connectivity index (χ3n) is 7.89. The molecule has 5 aromatic carbocycles. The molecule has 0 saturated heterocycles. The highest BCUT2D eigenvalue weighted by Gasteiger charge is 2.14. The molecule has 0 radical (unpaired) electrons. The van der Waals surface area contributed by atoms with Crippen LogP contribution in [0.3, 0.4) is 0 Å². The molecule has 3 heteroatoms. The maximum absolute atomic E-state index is 4.98. The topological polar surface area (TPSA) is 38.7 Å². The predicted octanol–water partition coefficient (Wildman–Crippen LogP) is 10.1. The Kier molecular flexibility index (Phi) is 7.26. The van der Waals surface area contributed by atoms with Gasteiger partial charge in [0.1, 0.15) is 0 Å². The van der Waals surface area contributed by atoms with Crippen molar-refractivity contribution < 1.29 is 0 Å². The van der Waals surface area contributed by atoms with Gasteiger partial charge in [0.05, 0.1) is 0 Å². The lowest BCUT2D eigenvalue weighted by atomic mass is 9.93. The highest BCUT2D eigenvalue weighted by atomic mass is 15.0. The van der Waals surface area contributed by atoms with E-state index in [2.05, 4.69) is 145 Å². The first kappa shape index (κ1) is 27.3. The first-order valence-electron chi connectivity index (χ1n) is 14.4. The van der Waals surface area contributed by atoms with Crippen molar-refractivity contribution in [3.05, 3.63) is 137 Å². The molecule has 0 aliphatic rings. The fourth-order valence-corrected chi connectivity index (χ4v) is 5.82. The molecule has 0 saturated carbocycles. The molecule has 6 rings (SSSR count). The number of hydrogen-bond donors (Lipinski definition) is 0. The minimum Gasteiger partial charge on any atom is -0.208 e. The standard InChI is InChI=1S/C39H35N3/c1-24-7-10-32(11-8-24)37-40-38(33-16-12-30(13-17-33)35-20-9-25(2)21-27(35)4)42-39(41-37)34-18-14-31(15-19-34)36-28(5)22-26(3)23-29(36)6/h7-23H,1-6H3. The van der Waals surface area contributed by atoms with Gasteiger partial charge in [0.2, 0.25) is 0 Å². The fraction of sp³-hybridized carbons (Fsp3) is 0.154. The summed E-state index contributed by atoms with van der Waals surface area (Å²) in [5.41, 5.74) is 15.4. The molecule has 0 aliphatic heterocycles. The van der Waals surface area contributed by atoms with Crippen LogP contribution in [-0.4, -0.2) is 15.0 Å². The quantitative estimate of drug-likeness (QED) is 0.216. The lowest BCUT2D eigenvalue weighted by Crippen LogP contribution is -2.00. The van der Waals surface area contributed by atoms with Gasteiger partial charge in [0.25, 0.3) is 0 Å². The van der Waals surface area contributed by atoms with E-state index in [1.54, 1.807) is 0 Å². The summed E-state index contributed by atoms with van der Waals surface area (Å²) < 4.78 is 0. The molecule has 206 valence electrons. The van der Waals surface area contributed by atoms with Crippen molar-refractivity contribution in [1.29, 1.82) is 0 Å². The van der Waals surface area contributed by atoms with E-state index in [0.29, 0.717) is 17.5 Å². The number of aromatic nitrogens is 3. The summed E-state index contributed by atoms with van der Waals surface area (Å²) in [6.07, 6.45) is 0. The normalized spacial score (nSPS) is 11.1. The molecule has 0 spiro atoms. The molecular formula is C39H35N3. The Labute approximate surface area is 249 Å². The molecule has 0 bridgehead atoms. The van der Waals surface area contributed by atoms with Crippen LogP contribution < -0.4 is 0 Å². The molecule has 1 aromatic heterocycles. The molecule has 0 atom stereocenters. The predicted molar refractivity (Wildman–Crippen MR) is 175 cm³/mol. The van der Waals surface area contributed by atoms with Crippen molar-refractivity contribution in [2.75, 3.05) is 0 Å². The van der Waals surface area contributed by atoms with E-state index in [4.69, 9.17) is 15.0 Å². The molecule has 0 N–H and O–H groups in total. The van der Waals surface area contributed by atoms with Crippen molar-refractivity contribution in [3.63, 3.8) is 0 Å². The molecule has 42 heavy (non-hydrogen) atoms. The Morgan fingerprint density at radius 2 is 0.714 bits per heavy atom. The van der Waals surface area contributed by atoms with E-state index in [9.17, 15) is 0 Å². The number of benzene rings is 5. The highest BCUT2D eigenvalue weighted by Crippen LogP contribution is 2.32. The van der Waals surface area contributed by atoms with Gasteiger partial charge in [0.15, 0.2) is 17.5 Å². The second-order valence-corrected chi connectivity index (χ2v) is 11.4. The van der Waals surface area contributed by atoms with Gasteiger partial charge in [0, 0.05) is 16.7 Å². The fourth-order valence-electron chi connectivity index (χ4n) is 5.82. The molecular weight excluding hydrogens is 510 g/mol. The average molecular weight is 546 g/mol. The van der Waals surface area contributed by atoms with Crippen LogP contribution in [0.25, 0.3) is 56.4 Å². The van der Waals surface area contributed by atoms with Crippen LogP contribution >= 0.6 is 0 Å². The Morgan fingerprint density at radius 3 is 1.19 bits per heavy atom. The lowest BCUT2D eigenvalue weighted by molar-refractivity contribution is 1.07. The molecule has 0 fully saturated rings. The van der Waals surface area contributed by atoms with Crippen molar-refractivity contribution in [1.82, 2.24) is 15.0 Å². The van der Waals surface area contributed by atoms with Gasteiger partial charge in [-0.1, -0.05) is 120 Å². The van der Waals surface area contributed by atoms with Crippen molar-refractivity contribution in [3.8, 4) is 56.4 Å². The van der Waals surface area contributed by atoms with Crippen LogP contribution in [0, 0.1) is 41.5 Å². The highest BCUT2D eigenvalue weighted by molar-refractivity contribution is 5.75. The van der Waals surface area contributed by atoms with Crippen molar-refractivity contribution in [2.45, 2.75) is 41.5 Å². The van der Waals surface area contributed by atoms with Gasteiger partial charge in [-0.2, -0.15) is 0 Å². The van der Waals surface area contributed by atoms with Crippen molar-refractivity contribution in [2.24, 2.45) is 0 Å². The second-order valence-electron chi connectivity index (χ2n) is 11.4. The first-order chi connectivity index (χ1) is 20.2. The van der Waals surface area contributed by atoms with E-state index >= 15 is 0 Å². The summed E-state index contributed by atoms with van der Waals surface area (Å²) in [6.45, 7) is 12.9. The minimum absolute atomic E-state index is 0.664. The number of nitrogens with zero attached hydrogens (tertiary/aromatic N) is 3. The van der Waals surface area contributed by atoms with E-state index in [1.807, 2.05) is 0 Å². The molecule has 0 unspecified atom stereocenters. The maximum Gasteiger partial charge on any atom is 0.164 e. The van der Waals surface area contributed by atoms with Crippen molar-refractivity contribution >= 4 is 0 Å². The monoisotopic (exact) mass is 545 g/mol. The number of rotatable bonds is 5. The van der Waals surface area contributed by atoms with Crippen LogP contribution in [0.1, 0.15) is 33.4 Å². The third-order valence-corrected chi connectivity index (χ3v) is 7.89. The SMILES string of the molecule is Cc1ccc(-c2nc(-c3ccc(-c4ccc(C)cc4C)cc3)nc(-c3ccc(-c4c(C)cc(C)cc4C)cc3)n2)cc1. The summed E-state index contributed by atoms with van der Waals surface area (Å²) in [5.74, 6) is 2.00. The Bertz CT molecular complexity index is 1880. The summed E-state index contributed by atoms with van der Waals surface area (Å²) in [7, 11) is 0. The zero-order valence-electron chi connectivity index (χ0n) is 25.2. The number of hydrogen-bond acceptors (Lipinski definition) is 3. The van der Waals surface area contributed by atoms with Crippen LogP contribution in [0.5, 0.6) is 0 Å². The first-order valence-corrected chi connectivity index (χ1v) is 14.4. The Balaban J connectivity index is 1.42. The van der Waals surface area contributed by atoms with E-state index in [1.165, 1.54) is 55.6 Å². The lowest BCUT2D eigenvalue weighted by Gasteiger charge is -2.13. The smallest absolute Gasteiger partial charge is 0.164 e. The molecule has 1 heterocycles. The van der Waals surface area contributed by atoms with Gasteiger partial charge in [-0.15, -0.1) is 0 Å². The Morgan fingerprint density at radius 1 is 0.333 bits per heavy atom. The van der Waals surface area contributed by atoms with Gasteiger partial charge >= 0.3 is 0 Å². The largest absolute Gasteiger partial charge is 0.208 e. The second kappa shape index (κ2) is 11.2. The summed E-state index contributed by atoms with van der Waals surface area (Å²) in [5, 5.41) is 0. The van der Waals surface area contributed by atoms with Gasteiger partial charge in [-0.05, 0) is 80.5 Å². The molecule has 6 aromatic rings. The number of aryl methyl sites for hydroxylation is 6. The van der Waals surface area contributed by atoms with E-state index in [-0.39, 0.29) is 0 Å². The van der Waals surface area contributed by atoms with Crippen LogP contribution in [0.15, 0.2) is 103 Å². The minimum atomic E-state index is 0.664. The Hall–Kier alpha value is -4.89. The summed E-state index contributed by atoms with van der Waals surface area (Å²) in [4.78, 5) is 14.9. The van der Waals surface area contributed by atoms with Gasteiger partial charge < -0.3 is 0 Å². The summed E-state index contributed by atoms with van der Waals surface area (Å²) >= 11 is 0. The van der Waals surface area contributed by atoms with E-state index < -0.39 is 0 Å². The maximum atomic E-state index is 4.98. The average Bonchev–Trinajstić information content (AvgIpc) is 2.97. The molecule has 3 nitrogen and oxygen atoms in total. The zero-order chi connectivity index (χ0) is 29.4. The van der Waals surface area contributed by atoms with Gasteiger partial charge in [-0.3, -0.25) is 0 Å². The van der Waals surface area contributed by atoms with E-state index in [0.717, 1.165) is 16.7 Å².